The van der Waals surface area contributed by atoms with E-state index in [0.717, 1.165) is 0 Å². The fourth-order valence-electron chi connectivity index (χ4n) is 0.704. The summed E-state index contributed by atoms with van der Waals surface area (Å²) in [5.74, 6) is -0.264. The van der Waals surface area contributed by atoms with Gasteiger partial charge in [-0.15, -0.1) is 0 Å². The lowest BCUT2D eigenvalue weighted by Gasteiger charge is -2.23. The van der Waals surface area contributed by atoms with Crippen molar-refractivity contribution in [2.24, 2.45) is 5.41 Å². The second-order valence-corrected chi connectivity index (χ2v) is 3.67. The molecule has 1 N–H and O–H groups in total. The number of methoxy groups -OCH3 is 1. The van der Waals surface area contributed by atoms with Crippen molar-refractivity contribution in [2.75, 3.05) is 13.7 Å². The molecule has 1 atom stereocenters. The number of hydrogen-bond donors (Lipinski definition) is 1. The maximum Gasteiger partial charge on any atom is 0.187 e. The van der Waals surface area contributed by atoms with Crippen LogP contribution in [0.1, 0.15) is 20.8 Å². The molecule has 0 aliphatic carbocycles. The van der Waals surface area contributed by atoms with E-state index in [2.05, 4.69) is 4.74 Å². The molecule has 3 heteroatoms. The Morgan fingerprint density at radius 1 is 1.55 bits per heavy atom. The molecule has 0 aromatic heterocycles. The highest BCUT2D eigenvalue weighted by atomic mass is 16.5. The van der Waals surface area contributed by atoms with Gasteiger partial charge in [-0.25, -0.2) is 0 Å². The monoisotopic (exact) mass is 160 g/mol. The Hall–Kier alpha value is -0.410. The maximum absolute atomic E-state index is 11.0. The highest BCUT2D eigenvalue weighted by Crippen LogP contribution is 2.19. The van der Waals surface area contributed by atoms with Gasteiger partial charge in [0.05, 0.1) is 0 Å². The Bertz CT molecular complexity index is 135. The molecular formula is C8H16O3. The Balaban J connectivity index is 4.03. The quantitative estimate of drug-likeness (QED) is 0.658. The molecule has 66 valence electrons. The standard InChI is InChI=1S/C8H16O3/c1-8(2,3)7(10)6(9)5-11-4/h7,10H,5H2,1-4H3. The molecule has 0 rings (SSSR count). The lowest BCUT2D eigenvalue weighted by Crippen LogP contribution is -2.36. The zero-order chi connectivity index (χ0) is 9.07. The Kier molecular flexibility index (Phi) is 3.69. The molecule has 0 spiro atoms. The summed E-state index contributed by atoms with van der Waals surface area (Å²) in [6, 6.07) is 0. The van der Waals surface area contributed by atoms with E-state index in [9.17, 15) is 9.90 Å². The van der Waals surface area contributed by atoms with Crippen LogP contribution in [-0.2, 0) is 9.53 Å². The Morgan fingerprint density at radius 3 is 2.27 bits per heavy atom. The van der Waals surface area contributed by atoms with Crippen molar-refractivity contribution in [3.8, 4) is 0 Å². The summed E-state index contributed by atoms with van der Waals surface area (Å²) < 4.78 is 4.61. The third-order valence-corrected chi connectivity index (χ3v) is 1.41. The predicted molar refractivity (Wildman–Crippen MR) is 42.3 cm³/mol. The highest BCUT2D eigenvalue weighted by molar-refractivity contribution is 5.84. The maximum atomic E-state index is 11.0. The third-order valence-electron chi connectivity index (χ3n) is 1.41. The first-order chi connectivity index (χ1) is 4.89. The molecule has 0 aromatic rings. The van der Waals surface area contributed by atoms with Crippen molar-refractivity contribution in [2.45, 2.75) is 26.9 Å². The molecule has 0 fully saturated rings. The van der Waals surface area contributed by atoms with Crippen LogP contribution in [0.5, 0.6) is 0 Å². The van der Waals surface area contributed by atoms with E-state index in [1.54, 1.807) is 0 Å². The summed E-state index contributed by atoms with van der Waals surface area (Å²) >= 11 is 0. The molecule has 11 heavy (non-hydrogen) atoms. The average molecular weight is 160 g/mol. The fraction of sp³-hybridized carbons (Fsp3) is 0.875. The van der Waals surface area contributed by atoms with Crippen LogP contribution in [0.3, 0.4) is 0 Å². The number of rotatable bonds is 3. The van der Waals surface area contributed by atoms with Crippen LogP contribution in [0.15, 0.2) is 0 Å². The van der Waals surface area contributed by atoms with E-state index in [-0.39, 0.29) is 12.4 Å². The molecule has 0 heterocycles. The van der Waals surface area contributed by atoms with Gasteiger partial charge < -0.3 is 9.84 Å². The van der Waals surface area contributed by atoms with Crippen LogP contribution in [0.2, 0.25) is 0 Å². The topological polar surface area (TPSA) is 46.5 Å². The highest BCUT2D eigenvalue weighted by Gasteiger charge is 2.28. The van der Waals surface area contributed by atoms with Gasteiger partial charge in [-0.2, -0.15) is 0 Å². The van der Waals surface area contributed by atoms with Gasteiger partial charge >= 0.3 is 0 Å². The minimum atomic E-state index is -0.928. The average Bonchev–Trinajstić information content (AvgIpc) is 1.85. The summed E-state index contributed by atoms with van der Waals surface area (Å²) in [6.07, 6.45) is -0.928. The van der Waals surface area contributed by atoms with E-state index in [4.69, 9.17) is 0 Å². The van der Waals surface area contributed by atoms with Gasteiger partial charge in [0, 0.05) is 7.11 Å². The largest absolute Gasteiger partial charge is 0.385 e. The van der Waals surface area contributed by atoms with E-state index >= 15 is 0 Å². The molecule has 0 bridgehead atoms. The van der Waals surface area contributed by atoms with Gasteiger partial charge in [-0.1, -0.05) is 20.8 Å². The molecule has 0 saturated heterocycles. The number of carbonyl (C=O) groups is 1. The van der Waals surface area contributed by atoms with Crippen molar-refractivity contribution in [3.63, 3.8) is 0 Å². The normalized spacial score (nSPS) is 14.6. The smallest absolute Gasteiger partial charge is 0.187 e. The van der Waals surface area contributed by atoms with Crippen LogP contribution in [0.25, 0.3) is 0 Å². The van der Waals surface area contributed by atoms with Crippen molar-refractivity contribution >= 4 is 5.78 Å². The summed E-state index contributed by atoms with van der Waals surface area (Å²) in [4.78, 5) is 11.0. The van der Waals surface area contributed by atoms with Crippen LogP contribution in [-0.4, -0.2) is 30.7 Å². The van der Waals surface area contributed by atoms with E-state index in [1.807, 2.05) is 20.8 Å². The van der Waals surface area contributed by atoms with Crippen LogP contribution < -0.4 is 0 Å². The van der Waals surface area contributed by atoms with E-state index in [0.29, 0.717) is 0 Å². The van der Waals surface area contributed by atoms with Crippen molar-refractivity contribution in [1.29, 1.82) is 0 Å². The van der Waals surface area contributed by atoms with Gasteiger partial charge in [0.2, 0.25) is 0 Å². The summed E-state index contributed by atoms with van der Waals surface area (Å²) in [5.41, 5.74) is -0.393. The Morgan fingerprint density at radius 2 is 2.00 bits per heavy atom. The first-order valence-electron chi connectivity index (χ1n) is 3.59. The minimum absolute atomic E-state index is 0.0154. The number of aliphatic hydroxyl groups excluding tert-OH is 1. The van der Waals surface area contributed by atoms with Crippen LogP contribution in [0, 0.1) is 5.41 Å². The molecule has 0 amide bonds. The van der Waals surface area contributed by atoms with Gasteiger partial charge in [0.15, 0.2) is 5.78 Å². The summed E-state index contributed by atoms with van der Waals surface area (Å²) in [7, 11) is 1.44. The van der Waals surface area contributed by atoms with Crippen LogP contribution in [0.4, 0.5) is 0 Å². The number of Topliss-reactive ketones (excluding diaryl/α,β-unsaturated/α-hetero) is 1. The van der Waals surface area contributed by atoms with Crippen molar-refractivity contribution < 1.29 is 14.6 Å². The second-order valence-electron chi connectivity index (χ2n) is 3.67. The molecular weight excluding hydrogens is 144 g/mol. The van der Waals surface area contributed by atoms with E-state index in [1.165, 1.54) is 7.11 Å². The number of ether oxygens (including phenoxy) is 1. The van der Waals surface area contributed by atoms with Crippen LogP contribution >= 0.6 is 0 Å². The van der Waals surface area contributed by atoms with Gasteiger partial charge in [0.1, 0.15) is 12.7 Å². The fourth-order valence-corrected chi connectivity index (χ4v) is 0.704. The summed E-state index contributed by atoms with van der Waals surface area (Å²) in [5, 5.41) is 9.36. The molecule has 1 unspecified atom stereocenters. The molecule has 0 saturated carbocycles. The zero-order valence-corrected chi connectivity index (χ0v) is 7.55. The molecule has 0 aliphatic rings. The van der Waals surface area contributed by atoms with Gasteiger partial charge in [-0.3, -0.25) is 4.79 Å². The minimum Gasteiger partial charge on any atom is -0.385 e. The lowest BCUT2D eigenvalue weighted by molar-refractivity contribution is -0.136. The molecule has 3 nitrogen and oxygen atoms in total. The van der Waals surface area contributed by atoms with Gasteiger partial charge in [-0.05, 0) is 5.41 Å². The number of hydrogen-bond acceptors (Lipinski definition) is 3. The number of carbonyl (C=O) groups excluding carboxylic acids is 1. The number of ketones is 1. The molecule has 0 aromatic carbocycles. The molecule has 0 radical (unpaired) electrons. The SMILES string of the molecule is COCC(=O)C(O)C(C)(C)C. The Labute approximate surface area is 67.4 Å². The van der Waals surface area contributed by atoms with E-state index < -0.39 is 11.5 Å². The zero-order valence-electron chi connectivity index (χ0n) is 7.55. The van der Waals surface area contributed by atoms with Gasteiger partial charge in [0.25, 0.3) is 0 Å². The third kappa shape index (κ3) is 3.49. The summed E-state index contributed by atoms with van der Waals surface area (Å²) in [6.45, 7) is 5.42. The molecule has 0 aliphatic heterocycles. The predicted octanol–water partition coefficient (Wildman–Crippen LogP) is 0.609. The lowest BCUT2D eigenvalue weighted by atomic mass is 9.87. The van der Waals surface area contributed by atoms with Crippen molar-refractivity contribution in [1.82, 2.24) is 0 Å². The number of aliphatic hydroxyl groups is 1. The second kappa shape index (κ2) is 3.83. The first kappa shape index (κ1) is 10.6. The first-order valence-corrected chi connectivity index (χ1v) is 3.59. The van der Waals surface area contributed by atoms with Crippen molar-refractivity contribution in [3.05, 3.63) is 0 Å².